The number of rotatable bonds is 8. The zero-order valence-corrected chi connectivity index (χ0v) is 17.8. The van der Waals surface area contributed by atoms with Gasteiger partial charge in [-0.15, -0.1) is 0 Å². The molecule has 30 heavy (non-hydrogen) atoms. The number of hydrogen-bond acceptors (Lipinski definition) is 3. The van der Waals surface area contributed by atoms with Crippen LogP contribution < -0.4 is 10.1 Å². The normalized spacial score (nSPS) is 18.9. The van der Waals surface area contributed by atoms with Gasteiger partial charge < -0.3 is 15.0 Å². The molecule has 2 aromatic rings. The first-order valence-corrected chi connectivity index (χ1v) is 10.9. The Morgan fingerprint density at radius 1 is 1.17 bits per heavy atom. The van der Waals surface area contributed by atoms with Gasteiger partial charge in [-0.2, -0.15) is 0 Å². The van der Waals surface area contributed by atoms with Gasteiger partial charge in [-0.3, -0.25) is 9.59 Å². The van der Waals surface area contributed by atoms with Gasteiger partial charge in [0, 0.05) is 30.6 Å². The number of benzene rings is 2. The fourth-order valence-corrected chi connectivity index (χ4v) is 4.31. The van der Waals surface area contributed by atoms with Gasteiger partial charge in [-0.1, -0.05) is 30.3 Å². The van der Waals surface area contributed by atoms with Crippen molar-refractivity contribution in [3.8, 4) is 5.75 Å². The summed E-state index contributed by atoms with van der Waals surface area (Å²) in [6.07, 6.45) is 4.06. The second kappa shape index (κ2) is 8.90. The molecule has 0 bridgehead atoms. The highest BCUT2D eigenvalue weighted by molar-refractivity contribution is 5.96. The Labute approximate surface area is 178 Å². The molecule has 2 atom stereocenters. The molecule has 1 N–H and O–H groups in total. The number of ether oxygens (including phenoxy) is 1. The number of amides is 2. The highest BCUT2D eigenvalue weighted by Gasteiger charge is 2.35. The van der Waals surface area contributed by atoms with Gasteiger partial charge in [-0.25, -0.2) is 0 Å². The van der Waals surface area contributed by atoms with Crippen LogP contribution in [0.2, 0.25) is 0 Å². The molecule has 5 nitrogen and oxygen atoms in total. The molecule has 1 aliphatic heterocycles. The van der Waals surface area contributed by atoms with Crippen LogP contribution in [0.15, 0.2) is 48.5 Å². The highest BCUT2D eigenvalue weighted by Crippen LogP contribution is 2.36. The summed E-state index contributed by atoms with van der Waals surface area (Å²) in [5, 5.41) is 2.99. The predicted octanol–water partition coefficient (Wildman–Crippen LogP) is 4.41. The summed E-state index contributed by atoms with van der Waals surface area (Å²) in [5.74, 6) is 1.42. The Morgan fingerprint density at radius 2 is 1.90 bits per heavy atom. The van der Waals surface area contributed by atoms with E-state index in [9.17, 15) is 9.59 Å². The lowest BCUT2D eigenvalue weighted by molar-refractivity contribution is -0.134. The number of para-hydroxylation sites is 1. The molecule has 4 rings (SSSR count). The topological polar surface area (TPSA) is 58.6 Å². The molecule has 158 valence electrons. The summed E-state index contributed by atoms with van der Waals surface area (Å²) < 4.78 is 5.24. The number of carbonyl (C=O) groups excluding carboxylic acids is 2. The van der Waals surface area contributed by atoms with Crippen LogP contribution >= 0.6 is 0 Å². The molecule has 5 heteroatoms. The van der Waals surface area contributed by atoms with Gasteiger partial charge in [0.1, 0.15) is 5.75 Å². The zero-order valence-electron chi connectivity index (χ0n) is 17.8. The SMILES string of the molecule is COc1ccc(CN(C(=O)CCC2Cc3ccccc3NC2=O)C(C)C2CC2)cc1. The van der Waals surface area contributed by atoms with Crippen LogP contribution in [-0.4, -0.2) is 29.9 Å². The Kier molecular flexibility index (Phi) is 6.07. The first-order valence-electron chi connectivity index (χ1n) is 10.9. The van der Waals surface area contributed by atoms with Crippen LogP contribution in [0.1, 0.15) is 43.7 Å². The maximum absolute atomic E-state index is 13.2. The maximum atomic E-state index is 13.2. The molecule has 2 aliphatic rings. The third-order valence-corrected chi connectivity index (χ3v) is 6.45. The molecule has 1 saturated carbocycles. The minimum Gasteiger partial charge on any atom is -0.497 e. The van der Waals surface area contributed by atoms with E-state index in [0.29, 0.717) is 31.7 Å². The van der Waals surface area contributed by atoms with Crippen molar-refractivity contribution < 1.29 is 14.3 Å². The molecule has 0 radical (unpaired) electrons. The van der Waals surface area contributed by atoms with E-state index in [2.05, 4.69) is 18.3 Å². The molecule has 0 saturated heterocycles. The lowest BCUT2D eigenvalue weighted by Crippen LogP contribution is -2.40. The van der Waals surface area contributed by atoms with Crippen LogP contribution in [0.3, 0.4) is 0 Å². The summed E-state index contributed by atoms with van der Waals surface area (Å²) in [6, 6.07) is 16.0. The smallest absolute Gasteiger partial charge is 0.227 e. The van der Waals surface area contributed by atoms with Crippen LogP contribution in [-0.2, 0) is 22.6 Å². The van der Waals surface area contributed by atoms with Crippen molar-refractivity contribution in [1.29, 1.82) is 0 Å². The van der Waals surface area contributed by atoms with E-state index in [1.165, 1.54) is 12.8 Å². The summed E-state index contributed by atoms with van der Waals surface area (Å²) >= 11 is 0. The Balaban J connectivity index is 1.41. The van der Waals surface area contributed by atoms with E-state index in [0.717, 1.165) is 22.6 Å². The third kappa shape index (κ3) is 4.66. The van der Waals surface area contributed by atoms with Crippen molar-refractivity contribution in [3.05, 3.63) is 59.7 Å². The van der Waals surface area contributed by atoms with E-state index in [-0.39, 0.29) is 23.8 Å². The third-order valence-electron chi connectivity index (χ3n) is 6.45. The minimum absolute atomic E-state index is 0.0263. The van der Waals surface area contributed by atoms with Crippen molar-refractivity contribution in [1.82, 2.24) is 4.90 Å². The molecule has 1 aliphatic carbocycles. The first-order chi connectivity index (χ1) is 14.5. The van der Waals surface area contributed by atoms with Crippen molar-refractivity contribution >= 4 is 17.5 Å². The molecule has 0 aromatic heterocycles. The van der Waals surface area contributed by atoms with E-state index >= 15 is 0 Å². The number of nitrogens with one attached hydrogen (secondary N) is 1. The van der Waals surface area contributed by atoms with Crippen LogP contribution in [0.25, 0.3) is 0 Å². The first kappa shape index (κ1) is 20.5. The number of carbonyl (C=O) groups is 2. The second-order valence-corrected chi connectivity index (χ2v) is 8.53. The molecule has 0 spiro atoms. The van der Waals surface area contributed by atoms with Crippen molar-refractivity contribution in [3.63, 3.8) is 0 Å². The molecule has 2 unspecified atom stereocenters. The van der Waals surface area contributed by atoms with Gasteiger partial charge in [0.05, 0.1) is 7.11 Å². The lowest BCUT2D eigenvalue weighted by atomic mass is 9.89. The monoisotopic (exact) mass is 406 g/mol. The molecule has 2 aromatic carbocycles. The number of methoxy groups -OCH3 is 1. The number of hydrogen-bond donors (Lipinski definition) is 1. The molecule has 1 heterocycles. The number of anilines is 1. The second-order valence-electron chi connectivity index (χ2n) is 8.53. The van der Waals surface area contributed by atoms with E-state index in [1.807, 2.05) is 47.4 Å². The van der Waals surface area contributed by atoms with Gasteiger partial charge >= 0.3 is 0 Å². The Hall–Kier alpha value is -2.82. The highest BCUT2D eigenvalue weighted by atomic mass is 16.5. The summed E-state index contributed by atoms with van der Waals surface area (Å²) in [4.78, 5) is 27.7. The van der Waals surface area contributed by atoms with Crippen LogP contribution in [0, 0.1) is 11.8 Å². The standard InChI is InChI=1S/C25H30N2O3/c1-17(19-9-10-19)27(16-18-7-12-22(30-2)13-8-18)24(28)14-11-21-15-20-5-3-4-6-23(20)26-25(21)29/h3-8,12-13,17,19,21H,9-11,14-16H2,1-2H3,(H,26,29). The summed E-state index contributed by atoms with van der Waals surface area (Å²) in [7, 11) is 1.65. The lowest BCUT2D eigenvalue weighted by Gasteiger charge is -2.31. The molecule has 2 amide bonds. The summed E-state index contributed by atoms with van der Waals surface area (Å²) in [6.45, 7) is 2.75. The fourth-order valence-electron chi connectivity index (χ4n) is 4.31. The molecule has 1 fully saturated rings. The van der Waals surface area contributed by atoms with E-state index in [1.54, 1.807) is 7.11 Å². The molecular formula is C25H30N2O3. The number of nitrogens with zero attached hydrogens (tertiary/aromatic N) is 1. The minimum atomic E-state index is -0.150. The molecular weight excluding hydrogens is 376 g/mol. The average Bonchev–Trinajstić information content (AvgIpc) is 3.61. The van der Waals surface area contributed by atoms with Gasteiger partial charge in [0.25, 0.3) is 0 Å². The van der Waals surface area contributed by atoms with Crippen LogP contribution in [0.5, 0.6) is 5.75 Å². The maximum Gasteiger partial charge on any atom is 0.227 e. The van der Waals surface area contributed by atoms with Crippen molar-refractivity contribution in [2.24, 2.45) is 11.8 Å². The van der Waals surface area contributed by atoms with Gasteiger partial charge in [0.2, 0.25) is 11.8 Å². The fraction of sp³-hybridized carbons (Fsp3) is 0.440. The largest absolute Gasteiger partial charge is 0.497 e. The van der Waals surface area contributed by atoms with E-state index in [4.69, 9.17) is 4.74 Å². The summed E-state index contributed by atoms with van der Waals surface area (Å²) in [5.41, 5.74) is 3.14. The quantitative estimate of drug-likeness (QED) is 0.706. The predicted molar refractivity (Wildman–Crippen MR) is 117 cm³/mol. The zero-order chi connectivity index (χ0) is 21.1. The van der Waals surface area contributed by atoms with Gasteiger partial charge in [0.15, 0.2) is 0 Å². The number of fused-ring (bicyclic) bond motifs is 1. The Morgan fingerprint density at radius 3 is 2.60 bits per heavy atom. The van der Waals surface area contributed by atoms with Crippen LogP contribution in [0.4, 0.5) is 5.69 Å². The van der Waals surface area contributed by atoms with Crippen molar-refractivity contribution in [2.75, 3.05) is 12.4 Å². The van der Waals surface area contributed by atoms with Gasteiger partial charge in [-0.05, 0) is 67.9 Å². The Bertz CT molecular complexity index is 905. The van der Waals surface area contributed by atoms with E-state index < -0.39 is 0 Å². The van der Waals surface area contributed by atoms with Crippen molar-refractivity contribution in [2.45, 2.75) is 51.6 Å². The average molecular weight is 407 g/mol.